The lowest BCUT2D eigenvalue weighted by Gasteiger charge is -2.31. The van der Waals surface area contributed by atoms with Crippen LogP contribution in [0.1, 0.15) is 28.9 Å². The minimum Gasteiger partial charge on any atom is -0.362 e. The fourth-order valence-corrected chi connectivity index (χ4v) is 3.27. The van der Waals surface area contributed by atoms with Crippen LogP contribution in [-0.2, 0) is 18.3 Å². The first kappa shape index (κ1) is 15.6. The van der Waals surface area contributed by atoms with E-state index >= 15 is 0 Å². The number of aromatic nitrogens is 2. The molecule has 1 aliphatic heterocycles. The molecule has 0 saturated carbocycles. The molecular weight excluding hydrogens is 288 g/mol. The van der Waals surface area contributed by atoms with Crippen LogP contribution in [0.5, 0.6) is 0 Å². The quantitative estimate of drug-likeness (QED) is 0.948. The molecule has 1 amide bonds. The van der Waals surface area contributed by atoms with Gasteiger partial charge in [-0.2, -0.15) is 5.10 Å². The summed E-state index contributed by atoms with van der Waals surface area (Å²) >= 11 is 0. The molecule has 122 valence electrons. The zero-order valence-corrected chi connectivity index (χ0v) is 14.3. The molecule has 0 radical (unpaired) electrons. The highest BCUT2D eigenvalue weighted by molar-refractivity contribution is 5.95. The number of aryl methyl sites for hydroxylation is 4. The second-order valence-electron chi connectivity index (χ2n) is 6.37. The Balaban J connectivity index is 1.74. The lowest BCUT2D eigenvalue weighted by Crippen LogP contribution is -2.37. The highest BCUT2D eigenvalue weighted by Crippen LogP contribution is 2.28. The number of fused-ring (bicyclic) bond motifs is 1. The Labute approximate surface area is 137 Å². The largest absolute Gasteiger partial charge is 0.362 e. The van der Waals surface area contributed by atoms with Crippen molar-refractivity contribution in [1.29, 1.82) is 0 Å². The first-order valence-corrected chi connectivity index (χ1v) is 8.10. The Kier molecular flexibility index (Phi) is 4.11. The Bertz CT molecular complexity index is 748. The van der Waals surface area contributed by atoms with Crippen LogP contribution in [-0.4, -0.2) is 28.8 Å². The summed E-state index contributed by atoms with van der Waals surface area (Å²) < 4.78 is 1.80. The molecule has 3 rings (SSSR count). The second kappa shape index (κ2) is 6.07. The highest BCUT2D eigenvalue weighted by Gasteiger charge is 2.20. The van der Waals surface area contributed by atoms with E-state index in [0.29, 0.717) is 6.54 Å². The van der Waals surface area contributed by atoms with Crippen molar-refractivity contribution in [2.24, 2.45) is 7.05 Å². The molecule has 1 aromatic carbocycles. The van der Waals surface area contributed by atoms with Gasteiger partial charge in [0.25, 0.3) is 0 Å². The number of nitrogens with zero attached hydrogens (tertiary/aromatic N) is 3. The van der Waals surface area contributed by atoms with Gasteiger partial charge >= 0.3 is 0 Å². The van der Waals surface area contributed by atoms with Crippen LogP contribution in [0.4, 0.5) is 11.4 Å². The molecular formula is C18H24N4O. The molecule has 0 saturated heterocycles. The van der Waals surface area contributed by atoms with Gasteiger partial charge < -0.3 is 10.2 Å². The Morgan fingerprint density at radius 3 is 2.78 bits per heavy atom. The SMILES string of the molecule is Cc1ccc2c(c1)CCCN2CC(=O)Nc1c(C)nn(C)c1C. The topological polar surface area (TPSA) is 50.2 Å². The van der Waals surface area contributed by atoms with Crippen LogP contribution in [0.3, 0.4) is 0 Å². The molecule has 0 aliphatic carbocycles. The molecule has 0 bridgehead atoms. The molecule has 1 aliphatic rings. The molecule has 1 N–H and O–H groups in total. The van der Waals surface area contributed by atoms with Gasteiger partial charge in [-0.25, -0.2) is 0 Å². The van der Waals surface area contributed by atoms with Gasteiger partial charge in [0.05, 0.1) is 23.6 Å². The third kappa shape index (κ3) is 3.09. The number of hydrogen-bond acceptors (Lipinski definition) is 3. The van der Waals surface area contributed by atoms with Crippen molar-refractivity contribution in [2.45, 2.75) is 33.6 Å². The van der Waals surface area contributed by atoms with E-state index in [1.165, 1.54) is 16.8 Å². The maximum atomic E-state index is 12.5. The summed E-state index contributed by atoms with van der Waals surface area (Å²) in [7, 11) is 1.89. The van der Waals surface area contributed by atoms with E-state index in [-0.39, 0.29) is 5.91 Å². The minimum absolute atomic E-state index is 0.0117. The first-order valence-electron chi connectivity index (χ1n) is 8.10. The minimum atomic E-state index is 0.0117. The van der Waals surface area contributed by atoms with E-state index in [1.807, 2.05) is 20.9 Å². The number of nitrogens with one attached hydrogen (secondary N) is 1. The van der Waals surface area contributed by atoms with Crippen molar-refractivity contribution in [3.05, 3.63) is 40.7 Å². The molecule has 5 nitrogen and oxygen atoms in total. The van der Waals surface area contributed by atoms with Crippen LogP contribution >= 0.6 is 0 Å². The lowest BCUT2D eigenvalue weighted by atomic mass is 9.99. The van der Waals surface area contributed by atoms with Crippen LogP contribution in [0, 0.1) is 20.8 Å². The van der Waals surface area contributed by atoms with Crippen LogP contribution in [0.15, 0.2) is 18.2 Å². The third-order valence-electron chi connectivity index (χ3n) is 4.56. The van der Waals surface area contributed by atoms with Gasteiger partial charge in [0.15, 0.2) is 0 Å². The number of carbonyl (C=O) groups is 1. The number of hydrogen-bond donors (Lipinski definition) is 1. The zero-order chi connectivity index (χ0) is 16.6. The summed E-state index contributed by atoms with van der Waals surface area (Å²) in [6.07, 6.45) is 2.19. The molecule has 0 spiro atoms. The Hall–Kier alpha value is -2.30. The Morgan fingerprint density at radius 1 is 1.30 bits per heavy atom. The van der Waals surface area contributed by atoms with E-state index in [1.54, 1.807) is 4.68 Å². The molecule has 2 heterocycles. The van der Waals surface area contributed by atoms with Gasteiger partial charge in [-0.1, -0.05) is 17.7 Å². The average Bonchev–Trinajstić information content (AvgIpc) is 2.73. The van der Waals surface area contributed by atoms with Gasteiger partial charge in [0, 0.05) is 19.3 Å². The van der Waals surface area contributed by atoms with Crippen LogP contribution < -0.4 is 10.2 Å². The van der Waals surface area contributed by atoms with Crippen LogP contribution in [0.2, 0.25) is 0 Å². The number of benzene rings is 1. The first-order chi connectivity index (χ1) is 11.0. The smallest absolute Gasteiger partial charge is 0.243 e. The summed E-state index contributed by atoms with van der Waals surface area (Å²) in [6, 6.07) is 6.48. The van der Waals surface area contributed by atoms with Crippen molar-refractivity contribution >= 4 is 17.3 Å². The monoisotopic (exact) mass is 312 g/mol. The number of carbonyl (C=O) groups excluding carboxylic acids is 1. The summed E-state index contributed by atoms with van der Waals surface area (Å²) in [4.78, 5) is 14.7. The fourth-order valence-electron chi connectivity index (χ4n) is 3.27. The van der Waals surface area contributed by atoms with Crippen molar-refractivity contribution in [3.8, 4) is 0 Å². The van der Waals surface area contributed by atoms with Crippen molar-refractivity contribution in [1.82, 2.24) is 9.78 Å². The fraction of sp³-hybridized carbons (Fsp3) is 0.444. The summed E-state index contributed by atoms with van der Waals surface area (Å²) in [6.45, 7) is 7.30. The van der Waals surface area contributed by atoms with Gasteiger partial charge in [0.2, 0.25) is 5.91 Å². The predicted molar refractivity (Wildman–Crippen MR) is 93.0 cm³/mol. The average molecular weight is 312 g/mol. The van der Waals surface area contributed by atoms with E-state index in [0.717, 1.165) is 36.5 Å². The molecule has 1 aromatic heterocycles. The van der Waals surface area contributed by atoms with E-state index in [4.69, 9.17) is 0 Å². The van der Waals surface area contributed by atoms with Gasteiger partial charge in [-0.05, 0) is 45.2 Å². The third-order valence-corrected chi connectivity index (χ3v) is 4.56. The number of rotatable bonds is 3. The molecule has 5 heteroatoms. The molecule has 23 heavy (non-hydrogen) atoms. The molecule has 0 fully saturated rings. The van der Waals surface area contributed by atoms with E-state index in [9.17, 15) is 4.79 Å². The maximum Gasteiger partial charge on any atom is 0.243 e. The van der Waals surface area contributed by atoms with Crippen LogP contribution in [0.25, 0.3) is 0 Å². The van der Waals surface area contributed by atoms with Gasteiger partial charge in [-0.3, -0.25) is 9.48 Å². The van der Waals surface area contributed by atoms with Gasteiger partial charge in [0.1, 0.15) is 0 Å². The standard InChI is InChI=1S/C18H24N4O/c1-12-7-8-16-15(10-12)6-5-9-22(16)11-17(23)19-18-13(2)20-21(4)14(18)3/h7-8,10H,5-6,9,11H2,1-4H3,(H,19,23). The van der Waals surface area contributed by atoms with Gasteiger partial charge in [-0.15, -0.1) is 0 Å². The second-order valence-corrected chi connectivity index (χ2v) is 6.37. The zero-order valence-electron chi connectivity index (χ0n) is 14.3. The summed E-state index contributed by atoms with van der Waals surface area (Å²) in [5.74, 6) is 0.0117. The molecule has 0 atom stereocenters. The normalized spacial score (nSPS) is 13.8. The lowest BCUT2D eigenvalue weighted by molar-refractivity contribution is -0.115. The predicted octanol–water partition coefficient (Wildman–Crippen LogP) is 2.74. The molecule has 2 aromatic rings. The highest BCUT2D eigenvalue weighted by atomic mass is 16.2. The van der Waals surface area contributed by atoms with E-state index in [2.05, 4.69) is 40.4 Å². The van der Waals surface area contributed by atoms with Crippen molar-refractivity contribution < 1.29 is 4.79 Å². The maximum absolute atomic E-state index is 12.5. The summed E-state index contributed by atoms with van der Waals surface area (Å²) in [5.41, 5.74) is 6.48. The van der Waals surface area contributed by atoms with Crippen molar-refractivity contribution in [3.63, 3.8) is 0 Å². The van der Waals surface area contributed by atoms with Crippen molar-refractivity contribution in [2.75, 3.05) is 23.3 Å². The number of amides is 1. The number of anilines is 2. The molecule has 0 unspecified atom stereocenters. The Morgan fingerprint density at radius 2 is 2.09 bits per heavy atom. The van der Waals surface area contributed by atoms with E-state index < -0.39 is 0 Å². The summed E-state index contributed by atoms with van der Waals surface area (Å²) in [5, 5.41) is 7.37.